The van der Waals surface area contributed by atoms with Gasteiger partial charge in [-0.25, -0.2) is 4.79 Å². The maximum absolute atomic E-state index is 14.2. The molecule has 1 aliphatic heterocycles. The van der Waals surface area contributed by atoms with Gasteiger partial charge < -0.3 is 34.6 Å². The fraction of sp³-hybridized carbons (Fsp3) is 0.683. The molecule has 1 aliphatic rings. The number of esters is 1. The van der Waals surface area contributed by atoms with E-state index in [-0.39, 0.29) is 48.3 Å². The average Bonchev–Trinajstić information content (AvgIpc) is 3.62. The fourth-order valence-electron chi connectivity index (χ4n) is 7.66. The number of rotatable bonds is 21. The molecule has 0 unspecified atom stereocenters. The molecule has 13 nitrogen and oxygen atoms in total. The van der Waals surface area contributed by atoms with Crippen LogP contribution in [0, 0.1) is 17.8 Å². The second-order valence-corrected chi connectivity index (χ2v) is 15.3. The predicted molar refractivity (Wildman–Crippen MR) is 209 cm³/mol. The Labute approximate surface area is 323 Å². The van der Waals surface area contributed by atoms with E-state index in [1.165, 1.54) is 14.2 Å². The number of ether oxygens (including phenoxy) is 3. The third-order valence-corrected chi connectivity index (χ3v) is 10.8. The van der Waals surface area contributed by atoms with Gasteiger partial charge in [0.25, 0.3) is 0 Å². The molecule has 304 valence electrons. The third-order valence-electron chi connectivity index (χ3n) is 10.8. The Kier molecular flexibility index (Phi) is 18.8. The van der Waals surface area contributed by atoms with Crippen LogP contribution in [-0.2, 0) is 44.6 Å². The van der Waals surface area contributed by atoms with Gasteiger partial charge in [0.15, 0.2) is 0 Å². The van der Waals surface area contributed by atoms with Crippen molar-refractivity contribution in [3.8, 4) is 0 Å². The average molecular weight is 758 g/mol. The number of carbonyl (C=O) groups is 5. The molecule has 2 rings (SSSR count). The molecule has 1 saturated heterocycles. The normalized spacial score (nSPS) is 18.9. The first-order valence-corrected chi connectivity index (χ1v) is 19.1. The number of likely N-dealkylation sites (N-methyl/N-ethyl adjacent to an activating group) is 2. The van der Waals surface area contributed by atoms with Crippen LogP contribution in [0.4, 0.5) is 0 Å². The SMILES string of the molecule is C=C(C)[C@@H](C(=O)N[C@H](C(=O)N(C)[C@@H]([C@@H](C)CC)[C@@H](CC(=O)N1CCC[C@H]1[C@H](OC)[C@@H](C)C(=O)N[C@@H](Cc1ccccc1)C(=O)OC)OC)C(C)C)N(C)C. The van der Waals surface area contributed by atoms with E-state index in [1.807, 2.05) is 58.0 Å². The van der Waals surface area contributed by atoms with Gasteiger partial charge in [0, 0.05) is 34.2 Å². The minimum absolute atomic E-state index is 0.00477. The molecule has 4 amide bonds. The zero-order chi connectivity index (χ0) is 40.9. The number of nitrogens with one attached hydrogen (secondary N) is 2. The molecule has 0 aliphatic carbocycles. The number of carbonyl (C=O) groups excluding carboxylic acids is 5. The summed E-state index contributed by atoms with van der Waals surface area (Å²) in [5.74, 6) is -2.65. The second-order valence-electron chi connectivity index (χ2n) is 15.3. The highest BCUT2D eigenvalue weighted by Crippen LogP contribution is 2.30. The van der Waals surface area contributed by atoms with Crippen molar-refractivity contribution in [2.24, 2.45) is 17.8 Å². The van der Waals surface area contributed by atoms with Gasteiger partial charge in [-0.1, -0.05) is 83.5 Å². The topological polar surface area (TPSA) is 147 Å². The summed E-state index contributed by atoms with van der Waals surface area (Å²) in [6.45, 7) is 15.8. The van der Waals surface area contributed by atoms with E-state index in [4.69, 9.17) is 14.2 Å². The highest BCUT2D eigenvalue weighted by Gasteiger charge is 2.43. The van der Waals surface area contributed by atoms with Crippen LogP contribution in [0.25, 0.3) is 0 Å². The highest BCUT2D eigenvalue weighted by atomic mass is 16.5. The lowest BCUT2D eigenvalue weighted by Crippen LogP contribution is -2.59. The lowest BCUT2D eigenvalue weighted by molar-refractivity contribution is -0.148. The molecule has 2 N–H and O–H groups in total. The van der Waals surface area contributed by atoms with E-state index in [0.29, 0.717) is 18.5 Å². The van der Waals surface area contributed by atoms with E-state index in [9.17, 15) is 24.0 Å². The smallest absolute Gasteiger partial charge is 0.328 e. The molecule has 13 heteroatoms. The monoisotopic (exact) mass is 757 g/mol. The number of likely N-dealkylation sites (tertiary alicyclic amines) is 1. The third kappa shape index (κ3) is 12.1. The molecule has 1 aromatic carbocycles. The molecule has 0 bridgehead atoms. The number of amides is 4. The van der Waals surface area contributed by atoms with Crippen molar-refractivity contribution in [2.45, 2.75) is 116 Å². The molecule has 1 aromatic rings. The number of methoxy groups -OCH3 is 3. The first-order chi connectivity index (χ1) is 25.4. The van der Waals surface area contributed by atoms with Gasteiger partial charge in [-0.05, 0) is 51.3 Å². The molecule has 0 radical (unpaired) electrons. The number of hydrogen-bond acceptors (Lipinski definition) is 9. The van der Waals surface area contributed by atoms with Crippen molar-refractivity contribution in [3.63, 3.8) is 0 Å². The number of benzene rings is 1. The van der Waals surface area contributed by atoms with Crippen molar-refractivity contribution in [1.29, 1.82) is 0 Å². The van der Waals surface area contributed by atoms with E-state index < -0.39 is 54.3 Å². The Morgan fingerprint density at radius 3 is 2.07 bits per heavy atom. The number of hydrogen-bond donors (Lipinski definition) is 2. The minimum atomic E-state index is -0.894. The summed E-state index contributed by atoms with van der Waals surface area (Å²) in [6, 6.07) is 6.19. The second kappa shape index (κ2) is 21.9. The Bertz CT molecular complexity index is 1400. The summed E-state index contributed by atoms with van der Waals surface area (Å²) in [4.78, 5) is 73.2. The van der Waals surface area contributed by atoms with Crippen molar-refractivity contribution in [2.75, 3.05) is 49.0 Å². The van der Waals surface area contributed by atoms with Gasteiger partial charge in [0.2, 0.25) is 23.6 Å². The summed E-state index contributed by atoms with van der Waals surface area (Å²) in [7, 11) is 9.64. The van der Waals surface area contributed by atoms with Crippen LogP contribution < -0.4 is 10.6 Å². The zero-order valence-electron chi connectivity index (χ0n) is 34.7. The van der Waals surface area contributed by atoms with Crippen molar-refractivity contribution in [1.82, 2.24) is 25.3 Å². The van der Waals surface area contributed by atoms with Gasteiger partial charge in [0.1, 0.15) is 18.1 Å². The van der Waals surface area contributed by atoms with Crippen LogP contribution in [0.2, 0.25) is 0 Å². The first kappa shape index (κ1) is 46.3. The summed E-state index contributed by atoms with van der Waals surface area (Å²) in [5.41, 5.74) is 1.54. The summed E-state index contributed by atoms with van der Waals surface area (Å²) in [5, 5.41) is 5.83. The summed E-state index contributed by atoms with van der Waals surface area (Å²) >= 11 is 0. The molecule has 0 aromatic heterocycles. The van der Waals surface area contributed by atoms with Crippen LogP contribution in [0.5, 0.6) is 0 Å². The molecule has 1 heterocycles. The van der Waals surface area contributed by atoms with E-state index in [2.05, 4.69) is 17.2 Å². The van der Waals surface area contributed by atoms with Crippen LogP contribution in [-0.4, -0.2) is 136 Å². The van der Waals surface area contributed by atoms with Gasteiger partial charge >= 0.3 is 5.97 Å². The van der Waals surface area contributed by atoms with Crippen LogP contribution in [0.3, 0.4) is 0 Å². The first-order valence-electron chi connectivity index (χ1n) is 19.1. The summed E-state index contributed by atoms with van der Waals surface area (Å²) < 4.78 is 16.9. The molecule has 54 heavy (non-hydrogen) atoms. The zero-order valence-corrected chi connectivity index (χ0v) is 34.7. The van der Waals surface area contributed by atoms with Gasteiger partial charge in [-0.15, -0.1) is 0 Å². The molecular formula is C41H67N5O8. The maximum atomic E-state index is 14.2. The largest absolute Gasteiger partial charge is 0.467 e. The lowest BCUT2D eigenvalue weighted by Gasteiger charge is -2.41. The van der Waals surface area contributed by atoms with Crippen LogP contribution in [0.1, 0.15) is 72.8 Å². The molecule has 1 fully saturated rings. The molecule has 0 spiro atoms. The Hall–Kier alpha value is -3.81. The quantitative estimate of drug-likeness (QED) is 0.142. The van der Waals surface area contributed by atoms with E-state index in [0.717, 1.165) is 18.4 Å². The van der Waals surface area contributed by atoms with E-state index >= 15 is 0 Å². The van der Waals surface area contributed by atoms with Gasteiger partial charge in [-0.3, -0.25) is 24.1 Å². The van der Waals surface area contributed by atoms with Gasteiger partial charge in [-0.2, -0.15) is 0 Å². The Morgan fingerprint density at radius 2 is 1.57 bits per heavy atom. The van der Waals surface area contributed by atoms with Crippen molar-refractivity contribution >= 4 is 29.6 Å². The Balaban J connectivity index is 2.29. The Morgan fingerprint density at radius 1 is 0.944 bits per heavy atom. The highest BCUT2D eigenvalue weighted by molar-refractivity contribution is 5.91. The van der Waals surface area contributed by atoms with Crippen LogP contribution in [0.15, 0.2) is 42.5 Å². The molecule has 9 atom stereocenters. The maximum Gasteiger partial charge on any atom is 0.328 e. The van der Waals surface area contributed by atoms with Crippen LogP contribution >= 0.6 is 0 Å². The van der Waals surface area contributed by atoms with Gasteiger partial charge in [0.05, 0.1) is 43.7 Å². The molecule has 0 saturated carbocycles. The van der Waals surface area contributed by atoms with Crippen molar-refractivity contribution in [3.05, 3.63) is 48.0 Å². The minimum Gasteiger partial charge on any atom is -0.467 e. The van der Waals surface area contributed by atoms with Crippen molar-refractivity contribution < 1.29 is 38.2 Å². The lowest BCUT2D eigenvalue weighted by atomic mass is 9.89. The molecular weight excluding hydrogens is 690 g/mol. The standard InChI is InChI=1S/C41H67N5O8/c1-14-27(6)36(45(10)40(50)34(25(2)3)43-39(49)35(26(4)5)44(8)9)32(52-11)24-33(47)46-22-18-21-31(46)37(53-12)28(7)38(48)42-30(41(51)54-13)23-29-19-16-15-17-20-29/h15-17,19-20,25,27-28,30-32,34-37H,4,14,18,21-24H2,1-3,5-13H3,(H,42,48)(H,43,49)/t27-,28+,30-,31-,32+,34-,35-,36-,37+/m0/s1. The summed E-state index contributed by atoms with van der Waals surface area (Å²) in [6.07, 6.45) is 1.02. The predicted octanol–water partition coefficient (Wildman–Crippen LogP) is 3.45. The fourth-order valence-corrected chi connectivity index (χ4v) is 7.66. The van der Waals surface area contributed by atoms with E-state index in [1.54, 1.807) is 56.8 Å². The number of nitrogens with zero attached hydrogens (tertiary/aromatic N) is 3.